The third kappa shape index (κ3) is 10.1. The smallest absolute Gasteiger partial charge is 0 e. The van der Waals surface area contributed by atoms with E-state index in [0.717, 1.165) is 0 Å². The molecule has 83 valence electrons. The van der Waals surface area contributed by atoms with Crippen molar-refractivity contribution < 1.29 is 0 Å². The van der Waals surface area contributed by atoms with Crippen molar-refractivity contribution in [2.75, 3.05) is 19.6 Å². The van der Waals surface area contributed by atoms with Gasteiger partial charge in [-0.05, 0) is 38.9 Å². The Labute approximate surface area is 92.8 Å². The van der Waals surface area contributed by atoms with Crippen molar-refractivity contribution in [3.05, 3.63) is 0 Å². The molecule has 0 bridgehead atoms. The van der Waals surface area contributed by atoms with Crippen molar-refractivity contribution in [2.24, 2.45) is 0 Å². The minimum Gasteiger partial charge on any atom is -0.303 e. The van der Waals surface area contributed by atoms with E-state index < -0.39 is 0 Å². The van der Waals surface area contributed by atoms with Crippen LogP contribution in [0.5, 0.6) is 0 Å². The fourth-order valence-corrected chi connectivity index (χ4v) is 1.48. The van der Waals surface area contributed by atoms with E-state index in [0.29, 0.717) is 0 Å². The van der Waals surface area contributed by atoms with Gasteiger partial charge in [-0.2, -0.15) is 0 Å². The van der Waals surface area contributed by atoms with Crippen LogP contribution < -0.4 is 0 Å². The highest BCUT2D eigenvalue weighted by Crippen LogP contribution is 2.01. The van der Waals surface area contributed by atoms with Gasteiger partial charge in [0.15, 0.2) is 0 Å². The molecular formula is C12H27BN. The molecule has 0 rings (SSSR count). The van der Waals surface area contributed by atoms with Crippen LogP contribution >= 0.6 is 0 Å². The van der Waals surface area contributed by atoms with Crippen LogP contribution in [-0.4, -0.2) is 32.9 Å². The topological polar surface area (TPSA) is 3.24 Å². The summed E-state index contributed by atoms with van der Waals surface area (Å²) in [5.74, 6) is 0. The van der Waals surface area contributed by atoms with Gasteiger partial charge in [-0.25, -0.2) is 0 Å². The standard InChI is InChI=1S/C12H27N.B/c1-4-7-10-13(11-8-5-2)12-9-6-3;/h4-12H2,1-3H3;. The zero-order chi connectivity index (χ0) is 9.94. The maximum Gasteiger partial charge on any atom is 0 e. The van der Waals surface area contributed by atoms with Gasteiger partial charge in [0.2, 0.25) is 0 Å². The van der Waals surface area contributed by atoms with E-state index in [1.54, 1.807) is 0 Å². The van der Waals surface area contributed by atoms with Crippen molar-refractivity contribution in [1.82, 2.24) is 4.90 Å². The molecule has 0 atom stereocenters. The van der Waals surface area contributed by atoms with Gasteiger partial charge in [-0.15, -0.1) is 0 Å². The number of hydrogen-bond acceptors (Lipinski definition) is 1. The van der Waals surface area contributed by atoms with Crippen molar-refractivity contribution in [1.29, 1.82) is 0 Å². The Hall–Kier alpha value is 0.0249. The lowest BCUT2D eigenvalue weighted by atomic mass is 10.2. The molecular weight excluding hydrogens is 169 g/mol. The van der Waals surface area contributed by atoms with Crippen LogP contribution in [0, 0.1) is 0 Å². The highest BCUT2D eigenvalue weighted by Gasteiger charge is 2.01. The summed E-state index contributed by atoms with van der Waals surface area (Å²) in [5.41, 5.74) is 0. The van der Waals surface area contributed by atoms with E-state index in [1.165, 1.54) is 58.2 Å². The third-order valence-corrected chi connectivity index (χ3v) is 2.48. The highest BCUT2D eigenvalue weighted by molar-refractivity contribution is 5.75. The van der Waals surface area contributed by atoms with Gasteiger partial charge in [-0.1, -0.05) is 40.0 Å². The summed E-state index contributed by atoms with van der Waals surface area (Å²) in [5, 5.41) is 0. The Morgan fingerprint density at radius 3 is 1.14 bits per heavy atom. The molecule has 14 heavy (non-hydrogen) atoms. The number of hydrogen-bond donors (Lipinski definition) is 0. The molecule has 0 spiro atoms. The van der Waals surface area contributed by atoms with Gasteiger partial charge in [0.1, 0.15) is 0 Å². The molecule has 1 nitrogen and oxygen atoms in total. The Morgan fingerprint density at radius 1 is 0.643 bits per heavy atom. The maximum absolute atomic E-state index is 2.64. The predicted octanol–water partition coefficient (Wildman–Crippen LogP) is 3.31. The Bertz CT molecular complexity index is 77.3. The van der Waals surface area contributed by atoms with E-state index in [4.69, 9.17) is 0 Å². The van der Waals surface area contributed by atoms with Crippen LogP contribution in [0.1, 0.15) is 59.3 Å². The Morgan fingerprint density at radius 2 is 0.929 bits per heavy atom. The minimum absolute atomic E-state index is 0. The molecule has 0 saturated heterocycles. The molecule has 0 fully saturated rings. The molecule has 0 aliphatic rings. The molecule has 0 heterocycles. The second kappa shape index (κ2) is 13.0. The van der Waals surface area contributed by atoms with E-state index in [1.807, 2.05) is 0 Å². The zero-order valence-corrected chi connectivity index (χ0v) is 10.4. The molecule has 0 aliphatic carbocycles. The first kappa shape index (κ1) is 16.5. The van der Waals surface area contributed by atoms with Gasteiger partial charge in [0, 0.05) is 8.41 Å². The lowest BCUT2D eigenvalue weighted by Crippen LogP contribution is -2.27. The van der Waals surface area contributed by atoms with E-state index in [9.17, 15) is 0 Å². The molecule has 0 saturated carbocycles. The van der Waals surface area contributed by atoms with E-state index in [2.05, 4.69) is 25.7 Å². The quantitative estimate of drug-likeness (QED) is 0.511. The van der Waals surface area contributed by atoms with Crippen LogP contribution in [0.3, 0.4) is 0 Å². The van der Waals surface area contributed by atoms with Gasteiger partial charge >= 0.3 is 0 Å². The monoisotopic (exact) mass is 196 g/mol. The van der Waals surface area contributed by atoms with Crippen molar-refractivity contribution in [3.8, 4) is 0 Å². The normalized spacial score (nSPS) is 10.3. The lowest BCUT2D eigenvalue weighted by molar-refractivity contribution is 0.261. The van der Waals surface area contributed by atoms with Crippen LogP contribution in [0.15, 0.2) is 0 Å². The van der Waals surface area contributed by atoms with Gasteiger partial charge in [0.25, 0.3) is 0 Å². The van der Waals surface area contributed by atoms with Gasteiger partial charge in [-0.3, -0.25) is 0 Å². The van der Waals surface area contributed by atoms with E-state index >= 15 is 0 Å². The molecule has 0 N–H and O–H groups in total. The number of rotatable bonds is 9. The molecule has 0 aromatic heterocycles. The molecule has 0 amide bonds. The van der Waals surface area contributed by atoms with Crippen LogP contribution in [0.4, 0.5) is 0 Å². The largest absolute Gasteiger partial charge is 0.303 e. The number of nitrogens with zero attached hydrogens (tertiary/aromatic N) is 1. The minimum atomic E-state index is 0. The SMILES string of the molecule is CCCCN(CCCC)CCCC.[B]. The summed E-state index contributed by atoms with van der Waals surface area (Å²) in [7, 11) is 0. The third-order valence-electron chi connectivity index (χ3n) is 2.48. The highest BCUT2D eigenvalue weighted by atomic mass is 15.1. The molecule has 0 aromatic carbocycles. The van der Waals surface area contributed by atoms with Crippen molar-refractivity contribution >= 4 is 8.41 Å². The summed E-state index contributed by atoms with van der Waals surface area (Å²) in [6.07, 6.45) is 8.09. The summed E-state index contributed by atoms with van der Waals surface area (Å²) in [6, 6.07) is 0. The van der Waals surface area contributed by atoms with Crippen LogP contribution in [0.25, 0.3) is 0 Å². The summed E-state index contributed by atoms with van der Waals surface area (Å²) in [6.45, 7) is 10.8. The average Bonchev–Trinajstić information content (AvgIpc) is 2.17. The van der Waals surface area contributed by atoms with Crippen LogP contribution in [-0.2, 0) is 0 Å². The molecule has 2 heteroatoms. The molecule has 0 unspecified atom stereocenters. The second-order valence-electron chi connectivity index (χ2n) is 3.90. The Kier molecular flexibility index (Phi) is 15.3. The van der Waals surface area contributed by atoms with Gasteiger partial charge < -0.3 is 4.90 Å². The second-order valence-corrected chi connectivity index (χ2v) is 3.90. The van der Waals surface area contributed by atoms with E-state index in [-0.39, 0.29) is 8.41 Å². The molecule has 3 radical (unpaired) electrons. The fraction of sp³-hybridized carbons (Fsp3) is 1.00. The Balaban J connectivity index is 0. The average molecular weight is 196 g/mol. The van der Waals surface area contributed by atoms with Crippen LogP contribution in [0.2, 0.25) is 0 Å². The van der Waals surface area contributed by atoms with Crippen molar-refractivity contribution in [2.45, 2.75) is 59.3 Å². The zero-order valence-electron chi connectivity index (χ0n) is 10.4. The first-order valence-corrected chi connectivity index (χ1v) is 6.07. The lowest BCUT2D eigenvalue weighted by Gasteiger charge is -2.21. The summed E-state index contributed by atoms with van der Waals surface area (Å²) in [4.78, 5) is 2.64. The fourth-order valence-electron chi connectivity index (χ4n) is 1.48. The summed E-state index contributed by atoms with van der Waals surface area (Å²) < 4.78 is 0. The predicted molar refractivity (Wildman–Crippen MR) is 66.9 cm³/mol. The first-order chi connectivity index (χ1) is 6.35. The van der Waals surface area contributed by atoms with Crippen molar-refractivity contribution in [3.63, 3.8) is 0 Å². The van der Waals surface area contributed by atoms with Gasteiger partial charge in [0.05, 0.1) is 0 Å². The summed E-state index contributed by atoms with van der Waals surface area (Å²) >= 11 is 0. The molecule has 0 aliphatic heterocycles. The number of unbranched alkanes of at least 4 members (excludes halogenated alkanes) is 3. The first-order valence-electron chi connectivity index (χ1n) is 6.07. The molecule has 0 aromatic rings. The maximum atomic E-state index is 2.64.